The summed E-state index contributed by atoms with van der Waals surface area (Å²) in [6.07, 6.45) is 1.77. The summed E-state index contributed by atoms with van der Waals surface area (Å²) in [5.41, 5.74) is 9.44. The fourth-order valence-corrected chi connectivity index (χ4v) is 6.43. The van der Waals surface area contributed by atoms with Gasteiger partial charge in [-0.25, -0.2) is 4.98 Å². The third-order valence-corrected chi connectivity index (χ3v) is 8.00. The van der Waals surface area contributed by atoms with Crippen LogP contribution < -0.4 is 4.90 Å². The van der Waals surface area contributed by atoms with E-state index in [1.54, 1.807) is 6.20 Å². The number of nitrogens with zero attached hydrogens (tertiary/aromatic N) is 2. The molecule has 1 aliphatic heterocycles. The lowest BCUT2D eigenvalue weighted by molar-refractivity contribution is 0.654. The van der Waals surface area contributed by atoms with E-state index >= 15 is 0 Å². The second-order valence-corrected chi connectivity index (χ2v) is 9.99. The van der Waals surface area contributed by atoms with Gasteiger partial charge < -0.3 is 9.32 Å². The monoisotopic (exact) mass is 500 g/mol. The van der Waals surface area contributed by atoms with Crippen LogP contribution in [-0.4, -0.2) is 4.98 Å². The maximum absolute atomic E-state index is 6.05. The maximum atomic E-state index is 6.05. The number of furan rings is 1. The molecule has 1 aliphatic rings. The minimum Gasteiger partial charge on any atom is -0.438 e. The molecule has 8 rings (SSSR count). The van der Waals surface area contributed by atoms with E-state index in [-0.39, 0.29) is 0 Å². The molecule has 0 saturated carbocycles. The van der Waals surface area contributed by atoms with Gasteiger partial charge in [-0.05, 0) is 64.7 Å². The molecule has 0 atom stereocenters. The van der Waals surface area contributed by atoms with E-state index in [0.717, 1.165) is 33.4 Å². The number of hydrogen-bond acceptors (Lipinski definition) is 3. The van der Waals surface area contributed by atoms with Crippen molar-refractivity contribution in [2.75, 3.05) is 4.90 Å². The highest BCUT2D eigenvalue weighted by Crippen LogP contribution is 2.57. The van der Waals surface area contributed by atoms with Gasteiger partial charge in [0.25, 0.3) is 0 Å². The van der Waals surface area contributed by atoms with E-state index < -0.39 is 5.41 Å². The van der Waals surface area contributed by atoms with Crippen molar-refractivity contribution >= 4 is 39.1 Å². The molecule has 39 heavy (non-hydrogen) atoms. The molecular formula is C36H24N2O. The van der Waals surface area contributed by atoms with E-state index in [2.05, 4.69) is 143 Å². The number of anilines is 3. The Morgan fingerprint density at radius 1 is 0.538 bits per heavy atom. The smallest absolute Gasteiger partial charge is 0.227 e. The van der Waals surface area contributed by atoms with Gasteiger partial charge in [-0.15, -0.1) is 0 Å². The van der Waals surface area contributed by atoms with Crippen LogP contribution in [0, 0.1) is 0 Å². The van der Waals surface area contributed by atoms with Gasteiger partial charge >= 0.3 is 0 Å². The Labute approximate surface area is 226 Å². The molecule has 0 spiro atoms. The van der Waals surface area contributed by atoms with Crippen LogP contribution in [-0.2, 0) is 5.41 Å². The summed E-state index contributed by atoms with van der Waals surface area (Å²) in [6.45, 7) is 0. The van der Waals surface area contributed by atoms with Crippen molar-refractivity contribution in [2.24, 2.45) is 0 Å². The molecule has 0 N–H and O–H groups in total. The molecule has 2 aromatic heterocycles. The molecule has 0 amide bonds. The first-order valence-electron chi connectivity index (χ1n) is 13.2. The fourth-order valence-electron chi connectivity index (χ4n) is 6.43. The highest BCUT2D eigenvalue weighted by molar-refractivity contribution is 6.05. The van der Waals surface area contributed by atoms with Crippen LogP contribution in [0.3, 0.4) is 0 Å². The van der Waals surface area contributed by atoms with Crippen LogP contribution in [0.4, 0.5) is 17.1 Å². The lowest BCUT2D eigenvalue weighted by Gasteiger charge is -2.46. The van der Waals surface area contributed by atoms with Crippen molar-refractivity contribution in [3.63, 3.8) is 0 Å². The molecule has 7 aromatic rings. The van der Waals surface area contributed by atoms with E-state index in [9.17, 15) is 0 Å². The van der Waals surface area contributed by atoms with Crippen LogP contribution in [0.2, 0.25) is 0 Å². The van der Waals surface area contributed by atoms with Crippen LogP contribution in [0.25, 0.3) is 22.1 Å². The molecule has 0 radical (unpaired) electrons. The molecule has 5 aromatic carbocycles. The average Bonchev–Trinajstić information content (AvgIpc) is 3.39. The van der Waals surface area contributed by atoms with Gasteiger partial charge in [0.2, 0.25) is 5.71 Å². The zero-order valence-corrected chi connectivity index (χ0v) is 21.2. The Bertz CT molecular complexity index is 1890. The summed E-state index contributed by atoms with van der Waals surface area (Å²) in [5.74, 6) is 0. The van der Waals surface area contributed by atoms with Crippen molar-refractivity contribution < 1.29 is 4.42 Å². The Hall–Kier alpha value is -5.15. The quantitative estimate of drug-likeness (QED) is 0.242. The molecule has 3 heterocycles. The summed E-state index contributed by atoms with van der Waals surface area (Å²) in [6, 6.07) is 49.9. The van der Waals surface area contributed by atoms with Crippen LogP contribution in [0.15, 0.2) is 150 Å². The number of hydrogen-bond donors (Lipinski definition) is 0. The van der Waals surface area contributed by atoms with Crippen LogP contribution >= 0.6 is 0 Å². The number of fused-ring (bicyclic) bond motifs is 5. The van der Waals surface area contributed by atoms with Gasteiger partial charge in [-0.1, -0.05) is 97.1 Å². The zero-order chi connectivity index (χ0) is 25.8. The molecule has 0 bridgehead atoms. The number of pyridine rings is 1. The SMILES string of the molecule is c1ccc(C2(c3ccccc3)c3ccccc3N(c3ccc4oc5ncccc5c4c3)c3ccccc32)cc1. The predicted octanol–water partition coefficient (Wildman–Crippen LogP) is 9.15. The predicted molar refractivity (Wildman–Crippen MR) is 158 cm³/mol. The minimum atomic E-state index is -0.470. The highest BCUT2D eigenvalue weighted by Gasteiger charge is 2.46. The number of rotatable bonds is 3. The van der Waals surface area contributed by atoms with Gasteiger partial charge in [0.05, 0.1) is 16.8 Å². The largest absolute Gasteiger partial charge is 0.438 e. The first-order valence-corrected chi connectivity index (χ1v) is 13.2. The third-order valence-electron chi connectivity index (χ3n) is 8.00. The average molecular weight is 501 g/mol. The van der Waals surface area contributed by atoms with Gasteiger partial charge in [-0.3, -0.25) is 0 Å². The second kappa shape index (κ2) is 8.44. The van der Waals surface area contributed by atoms with Gasteiger partial charge in [0.15, 0.2) is 0 Å². The normalized spacial score (nSPS) is 13.8. The maximum Gasteiger partial charge on any atom is 0.227 e. The lowest BCUT2D eigenvalue weighted by Crippen LogP contribution is -2.37. The molecule has 0 saturated heterocycles. The minimum absolute atomic E-state index is 0.470. The number of benzene rings is 5. The Morgan fingerprint density at radius 3 is 1.77 bits per heavy atom. The fraction of sp³-hybridized carbons (Fsp3) is 0.0278. The molecule has 3 nitrogen and oxygen atoms in total. The first-order chi connectivity index (χ1) is 19.4. The van der Waals surface area contributed by atoms with Gasteiger partial charge in [-0.2, -0.15) is 0 Å². The Morgan fingerprint density at radius 2 is 1.13 bits per heavy atom. The van der Waals surface area contributed by atoms with Crippen molar-refractivity contribution in [2.45, 2.75) is 5.41 Å². The summed E-state index contributed by atoms with van der Waals surface area (Å²) in [5, 5.41) is 2.09. The van der Waals surface area contributed by atoms with Crippen LogP contribution in [0.5, 0.6) is 0 Å². The topological polar surface area (TPSA) is 29.3 Å². The number of aromatic nitrogens is 1. The third kappa shape index (κ3) is 3.07. The molecule has 0 fully saturated rings. The summed E-state index contributed by atoms with van der Waals surface area (Å²) in [4.78, 5) is 6.83. The standard InChI is InChI=1S/C36H24N2O/c1-3-12-25(13-4-1)36(26-14-5-2-6-15-26)30-17-7-9-19-32(30)38(33-20-10-8-18-31(33)36)27-21-22-34-29(24-27)28-16-11-23-37-35(28)39-34/h1-24H. The number of para-hydroxylation sites is 2. The molecule has 0 unspecified atom stereocenters. The first kappa shape index (κ1) is 21.9. The molecule has 184 valence electrons. The highest BCUT2D eigenvalue weighted by atomic mass is 16.3. The molecule has 0 aliphatic carbocycles. The van der Waals surface area contributed by atoms with Crippen molar-refractivity contribution in [1.82, 2.24) is 4.98 Å². The van der Waals surface area contributed by atoms with Crippen molar-refractivity contribution in [1.29, 1.82) is 0 Å². The van der Waals surface area contributed by atoms with Crippen LogP contribution in [0.1, 0.15) is 22.3 Å². The second-order valence-electron chi connectivity index (χ2n) is 9.99. The lowest BCUT2D eigenvalue weighted by atomic mass is 9.62. The van der Waals surface area contributed by atoms with Crippen molar-refractivity contribution in [3.8, 4) is 0 Å². The summed E-state index contributed by atoms with van der Waals surface area (Å²) in [7, 11) is 0. The summed E-state index contributed by atoms with van der Waals surface area (Å²) < 4.78 is 6.05. The van der Waals surface area contributed by atoms with E-state index in [0.29, 0.717) is 5.71 Å². The zero-order valence-electron chi connectivity index (χ0n) is 21.2. The molecule has 3 heteroatoms. The van der Waals surface area contributed by atoms with Gasteiger partial charge in [0, 0.05) is 22.7 Å². The molecular weight excluding hydrogens is 476 g/mol. The van der Waals surface area contributed by atoms with E-state index in [1.165, 1.54) is 22.3 Å². The Kier molecular flexibility index (Phi) is 4.74. The van der Waals surface area contributed by atoms with Crippen molar-refractivity contribution in [3.05, 3.63) is 168 Å². The van der Waals surface area contributed by atoms with Gasteiger partial charge in [0.1, 0.15) is 5.58 Å². The van der Waals surface area contributed by atoms with E-state index in [1.807, 2.05) is 6.07 Å². The Balaban J connectivity index is 1.47. The van der Waals surface area contributed by atoms with E-state index in [4.69, 9.17) is 4.42 Å². The summed E-state index contributed by atoms with van der Waals surface area (Å²) >= 11 is 0.